The van der Waals surface area contributed by atoms with Gasteiger partial charge in [-0.15, -0.1) is 0 Å². The van der Waals surface area contributed by atoms with Gasteiger partial charge in [0.15, 0.2) is 0 Å². The van der Waals surface area contributed by atoms with Crippen molar-refractivity contribution in [2.45, 2.75) is 32.4 Å². The normalized spacial score (nSPS) is 11.6. The minimum atomic E-state index is -1.09. The zero-order valence-electron chi connectivity index (χ0n) is 15.5. The number of carbonyl (C=O) groups excluding carboxylic acids is 2. The Kier molecular flexibility index (Phi) is 7.08. The molecule has 0 aliphatic heterocycles. The molecule has 2 aromatic carbocycles. The van der Waals surface area contributed by atoms with E-state index in [1.54, 1.807) is 12.1 Å². The Morgan fingerprint density at radius 1 is 0.964 bits per heavy atom. The van der Waals surface area contributed by atoms with Crippen molar-refractivity contribution in [2.24, 2.45) is 0 Å². The van der Waals surface area contributed by atoms with Crippen molar-refractivity contribution in [3.05, 3.63) is 65.5 Å². The summed E-state index contributed by atoms with van der Waals surface area (Å²) in [6.07, 6.45) is -0.341. The molecule has 0 spiro atoms. The SMILES string of the molecule is CC(C)NC(=O)Nc1ccc(C(=O)NC(CC(=O)O)c2ccc(F)cc2)cc1. The molecule has 1 atom stereocenters. The topological polar surface area (TPSA) is 108 Å². The monoisotopic (exact) mass is 387 g/mol. The number of carboxylic acids is 1. The molecule has 7 nitrogen and oxygen atoms in total. The van der Waals surface area contributed by atoms with Crippen LogP contribution in [0, 0.1) is 5.82 Å². The van der Waals surface area contributed by atoms with Crippen LogP contribution in [0.2, 0.25) is 0 Å². The highest BCUT2D eigenvalue weighted by atomic mass is 19.1. The number of rotatable bonds is 7. The molecule has 0 aliphatic carbocycles. The highest BCUT2D eigenvalue weighted by molar-refractivity contribution is 5.96. The number of aliphatic carboxylic acids is 1. The molecule has 4 N–H and O–H groups in total. The van der Waals surface area contributed by atoms with Gasteiger partial charge in [0, 0.05) is 17.3 Å². The number of urea groups is 1. The number of carbonyl (C=O) groups is 3. The fraction of sp³-hybridized carbons (Fsp3) is 0.250. The van der Waals surface area contributed by atoms with Crippen LogP contribution >= 0.6 is 0 Å². The number of benzene rings is 2. The fourth-order valence-electron chi connectivity index (χ4n) is 2.50. The molecule has 2 rings (SSSR count). The third kappa shape index (κ3) is 6.39. The second-order valence-corrected chi connectivity index (χ2v) is 6.51. The molecule has 0 aliphatic rings. The van der Waals surface area contributed by atoms with Gasteiger partial charge in [-0.3, -0.25) is 9.59 Å². The van der Waals surface area contributed by atoms with Crippen LogP contribution in [-0.2, 0) is 4.79 Å². The van der Waals surface area contributed by atoms with Gasteiger partial charge in [-0.2, -0.15) is 0 Å². The van der Waals surface area contributed by atoms with Crippen LogP contribution in [-0.4, -0.2) is 29.1 Å². The molecular weight excluding hydrogens is 365 g/mol. The first-order valence-corrected chi connectivity index (χ1v) is 8.70. The molecule has 28 heavy (non-hydrogen) atoms. The summed E-state index contributed by atoms with van der Waals surface area (Å²) >= 11 is 0. The van der Waals surface area contributed by atoms with Crippen molar-refractivity contribution in [2.75, 3.05) is 5.32 Å². The lowest BCUT2D eigenvalue weighted by Crippen LogP contribution is -2.34. The second kappa shape index (κ2) is 9.50. The zero-order valence-corrected chi connectivity index (χ0v) is 15.5. The van der Waals surface area contributed by atoms with E-state index in [0.717, 1.165) is 0 Å². The predicted octanol–water partition coefficient (Wildman–Crippen LogP) is 3.30. The summed E-state index contributed by atoms with van der Waals surface area (Å²) < 4.78 is 13.1. The van der Waals surface area contributed by atoms with Crippen LogP contribution in [0.15, 0.2) is 48.5 Å². The average Bonchev–Trinajstić information content (AvgIpc) is 2.61. The number of halogens is 1. The maximum Gasteiger partial charge on any atom is 0.319 e. The summed E-state index contributed by atoms with van der Waals surface area (Å²) in [6.45, 7) is 3.67. The van der Waals surface area contributed by atoms with Crippen LogP contribution in [0.5, 0.6) is 0 Å². The smallest absolute Gasteiger partial charge is 0.319 e. The van der Waals surface area contributed by atoms with Gasteiger partial charge in [0.2, 0.25) is 0 Å². The van der Waals surface area contributed by atoms with E-state index in [1.807, 2.05) is 13.8 Å². The Balaban J connectivity index is 2.07. The highest BCUT2D eigenvalue weighted by Crippen LogP contribution is 2.19. The highest BCUT2D eigenvalue weighted by Gasteiger charge is 2.19. The van der Waals surface area contributed by atoms with E-state index < -0.39 is 23.7 Å². The van der Waals surface area contributed by atoms with Crippen LogP contribution in [0.25, 0.3) is 0 Å². The Morgan fingerprint density at radius 2 is 1.57 bits per heavy atom. The van der Waals surface area contributed by atoms with Gasteiger partial charge in [0.1, 0.15) is 5.82 Å². The molecule has 1 unspecified atom stereocenters. The van der Waals surface area contributed by atoms with Gasteiger partial charge >= 0.3 is 12.0 Å². The molecule has 0 saturated heterocycles. The number of nitrogens with one attached hydrogen (secondary N) is 3. The molecule has 8 heteroatoms. The molecule has 0 saturated carbocycles. The Labute approximate surface area is 162 Å². The quantitative estimate of drug-likeness (QED) is 0.585. The third-order valence-corrected chi connectivity index (χ3v) is 3.78. The Morgan fingerprint density at radius 3 is 2.11 bits per heavy atom. The fourth-order valence-corrected chi connectivity index (χ4v) is 2.50. The molecular formula is C20H22FN3O4. The van der Waals surface area contributed by atoms with Crippen LogP contribution < -0.4 is 16.0 Å². The van der Waals surface area contributed by atoms with E-state index in [-0.39, 0.29) is 18.5 Å². The lowest BCUT2D eigenvalue weighted by Gasteiger charge is -2.18. The van der Waals surface area contributed by atoms with Crippen molar-refractivity contribution in [1.29, 1.82) is 0 Å². The minimum absolute atomic E-state index is 0.0114. The predicted molar refractivity (Wildman–Crippen MR) is 103 cm³/mol. The van der Waals surface area contributed by atoms with Gasteiger partial charge < -0.3 is 21.1 Å². The van der Waals surface area contributed by atoms with Crippen LogP contribution in [0.3, 0.4) is 0 Å². The molecule has 0 bridgehead atoms. The van der Waals surface area contributed by atoms with Crippen molar-refractivity contribution in [1.82, 2.24) is 10.6 Å². The third-order valence-electron chi connectivity index (χ3n) is 3.78. The summed E-state index contributed by atoms with van der Waals surface area (Å²) in [5.74, 6) is -2.02. The standard InChI is InChI=1S/C20H22FN3O4/c1-12(2)22-20(28)23-16-9-5-14(6-10-16)19(27)24-17(11-18(25)26)13-3-7-15(21)8-4-13/h3-10,12,17H,11H2,1-2H3,(H,24,27)(H,25,26)(H2,22,23,28). The Hall–Kier alpha value is -3.42. The van der Waals surface area contributed by atoms with E-state index in [0.29, 0.717) is 16.8 Å². The van der Waals surface area contributed by atoms with Gasteiger partial charge in [-0.25, -0.2) is 9.18 Å². The molecule has 148 valence electrons. The number of anilines is 1. The summed E-state index contributed by atoms with van der Waals surface area (Å²) in [5, 5.41) is 17.1. The molecule has 0 heterocycles. The van der Waals surface area contributed by atoms with E-state index in [1.165, 1.54) is 36.4 Å². The largest absolute Gasteiger partial charge is 0.481 e. The molecule has 0 aromatic heterocycles. The van der Waals surface area contributed by atoms with Gasteiger partial charge in [0.25, 0.3) is 5.91 Å². The molecule has 3 amide bonds. The first-order valence-electron chi connectivity index (χ1n) is 8.70. The van der Waals surface area contributed by atoms with Crippen LogP contribution in [0.1, 0.15) is 42.2 Å². The number of hydrogen-bond acceptors (Lipinski definition) is 3. The average molecular weight is 387 g/mol. The van der Waals surface area contributed by atoms with E-state index in [9.17, 15) is 18.8 Å². The number of hydrogen-bond donors (Lipinski definition) is 4. The number of amides is 3. The summed E-state index contributed by atoms with van der Waals surface area (Å²) in [4.78, 5) is 35.3. The van der Waals surface area contributed by atoms with Crippen molar-refractivity contribution in [3.8, 4) is 0 Å². The maximum absolute atomic E-state index is 13.1. The summed E-state index contributed by atoms with van der Waals surface area (Å²) in [5.41, 5.74) is 1.29. The maximum atomic E-state index is 13.1. The van der Waals surface area contributed by atoms with E-state index in [4.69, 9.17) is 5.11 Å². The summed E-state index contributed by atoms with van der Waals surface area (Å²) in [7, 11) is 0. The van der Waals surface area contributed by atoms with Crippen LogP contribution in [0.4, 0.5) is 14.9 Å². The first-order chi connectivity index (χ1) is 13.2. The zero-order chi connectivity index (χ0) is 20.7. The number of carboxylic acid groups (broad SMARTS) is 1. The van der Waals surface area contributed by atoms with Gasteiger partial charge in [0.05, 0.1) is 12.5 Å². The first kappa shape index (κ1) is 20.9. The molecule has 0 fully saturated rings. The lowest BCUT2D eigenvalue weighted by atomic mass is 10.0. The van der Waals surface area contributed by atoms with Crippen molar-refractivity contribution >= 4 is 23.6 Å². The molecule has 0 radical (unpaired) electrons. The van der Waals surface area contributed by atoms with Gasteiger partial charge in [-0.05, 0) is 55.8 Å². The van der Waals surface area contributed by atoms with E-state index in [2.05, 4.69) is 16.0 Å². The summed E-state index contributed by atoms with van der Waals surface area (Å²) in [6, 6.07) is 10.3. The lowest BCUT2D eigenvalue weighted by molar-refractivity contribution is -0.137. The van der Waals surface area contributed by atoms with Crippen molar-refractivity contribution < 1.29 is 23.9 Å². The van der Waals surface area contributed by atoms with E-state index >= 15 is 0 Å². The van der Waals surface area contributed by atoms with Gasteiger partial charge in [-0.1, -0.05) is 12.1 Å². The minimum Gasteiger partial charge on any atom is -0.481 e. The second-order valence-electron chi connectivity index (χ2n) is 6.51. The Bertz CT molecular complexity index is 836. The molecule has 2 aromatic rings. The van der Waals surface area contributed by atoms with Crippen molar-refractivity contribution in [3.63, 3.8) is 0 Å².